The van der Waals surface area contributed by atoms with Crippen LogP contribution in [0.5, 0.6) is 0 Å². The lowest BCUT2D eigenvalue weighted by molar-refractivity contribution is 0.577. The first-order valence-electron chi connectivity index (χ1n) is 8.97. The second kappa shape index (κ2) is 8.30. The number of nitrogens with one attached hydrogen (secondary N) is 2. The standard InChI is InChI=1S/C20H26N4S/c1-15-6-11-19(21-14-15)23-20(25)22-16(2)17-7-9-18(10-8-17)24-12-4-3-5-13-24/h6-11,14,16H,3-5,12-13H2,1-2H3,(H2,21,22,23,25)/t16-/m0/s1. The molecule has 0 saturated carbocycles. The number of thiocarbonyl (C=S) groups is 1. The third-order valence-electron chi connectivity index (χ3n) is 4.61. The normalized spacial score (nSPS) is 15.5. The first-order valence-corrected chi connectivity index (χ1v) is 9.38. The Kier molecular flexibility index (Phi) is 5.87. The van der Waals surface area contributed by atoms with E-state index in [-0.39, 0.29) is 6.04 Å². The summed E-state index contributed by atoms with van der Waals surface area (Å²) in [4.78, 5) is 6.79. The van der Waals surface area contributed by atoms with Crippen molar-refractivity contribution in [1.29, 1.82) is 0 Å². The van der Waals surface area contributed by atoms with Crippen molar-refractivity contribution in [3.05, 3.63) is 53.7 Å². The number of benzene rings is 1. The first-order chi connectivity index (χ1) is 12.1. The lowest BCUT2D eigenvalue weighted by Crippen LogP contribution is -2.31. The molecule has 0 amide bonds. The van der Waals surface area contributed by atoms with Gasteiger partial charge < -0.3 is 15.5 Å². The van der Waals surface area contributed by atoms with Crippen LogP contribution in [0.3, 0.4) is 0 Å². The summed E-state index contributed by atoms with van der Waals surface area (Å²) in [5.74, 6) is 0.760. The molecule has 2 heterocycles. The molecular weight excluding hydrogens is 328 g/mol. The number of pyridine rings is 1. The molecule has 132 valence electrons. The Bertz CT molecular complexity index is 691. The third kappa shape index (κ3) is 4.92. The van der Waals surface area contributed by atoms with Crippen LogP contribution in [0.4, 0.5) is 11.5 Å². The molecule has 1 saturated heterocycles. The highest BCUT2D eigenvalue weighted by Gasteiger charge is 2.12. The van der Waals surface area contributed by atoms with E-state index in [0.29, 0.717) is 5.11 Å². The molecule has 25 heavy (non-hydrogen) atoms. The fraction of sp³-hybridized carbons (Fsp3) is 0.400. The maximum absolute atomic E-state index is 5.40. The van der Waals surface area contributed by atoms with Crippen LogP contribution in [0.15, 0.2) is 42.6 Å². The highest BCUT2D eigenvalue weighted by atomic mass is 32.1. The van der Waals surface area contributed by atoms with Crippen molar-refractivity contribution in [1.82, 2.24) is 10.3 Å². The predicted octanol–water partition coefficient (Wildman–Crippen LogP) is 4.43. The summed E-state index contributed by atoms with van der Waals surface area (Å²) >= 11 is 5.40. The Morgan fingerprint density at radius 3 is 2.44 bits per heavy atom. The lowest BCUT2D eigenvalue weighted by Gasteiger charge is -2.29. The van der Waals surface area contributed by atoms with Crippen LogP contribution < -0.4 is 15.5 Å². The monoisotopic (exact) mass is 354 g/mol. The van der Waals surface area contributed by atoms with E-state index in [9.17, 15) is 0 Å². The number of nitrogens with zero attached hydrogens (tertiary/aromatic N) is 2. The van der Waals surface area contributed by atoms with Gasteiger partial charge in [0.15, 0.2) is 5.11 Å². The summed E-state index contributed by atoms with van der Waals surface area (Å²) in [7, 11) is 0. The second-order valence-corrected chi connectivity index (χ2v) is 7.09. The smallest absolute Gasteiger partial charge is 0.172 e. The molecule has 3 rings (SSSR count). The molecule has 4 nitrogen and oxygen atoms in total. The van der Waals surface area contributed by atoms with E-state index >= 15 is 0 Å². The lowest BCUT2D eigenvalue weighted by atomic mass is 10.1. The Morgan fingerprint density at radius 2 is 1.80 bits per heavy atom. The zero-order valence-corrected chi connectivity index (χ0v) is 15.8. The SMILES string of the molecule is Cc1ccc(NC(=S)N[C@@H](C)c2ccc(N3CCCCC3)cc2)nc1. The van der Waals surface area contributed by atoms with E-state index in [2.05, 4.69) is 51.7 Å². The number of piperidine rings is 1. The minimum absolute atomic E-state index is 0.140. The van der Waals surface area contributed by atoms with Gasteiger partial charge in [0.1, 0.15) is 5.82 Å². The van der Waals surface area contributed by atoms with Gasteiger partial charge in [-0.25, -0.2) is 4.98 Å². The highest BCUT2D eigenvalue weighted by Crippen LogP contribution is 2.22. The van der Waals surface area contributed by atoms with Gasteiger partial charge in [-0.1, -0.05) is 18.2 Å². The van der Waals surface area contributed by atoms with E-state index < -0.39 is 0 Å². The quantitative estimate of drug-likeness (QED) is 0.795. The summed E-state index contributed by atoms with van der Waals surface area (Å²) in [6.45, 7) is 6.48. The molecule has 1 aliphatic rings. The fourth-order valence-electron chi connectivity index (χ4n) is 3.10. The van der Waals surface area contributed by atoms with Gasteiger partial charge in [-0.05, 0) is 74.7 Å². The van der Waals surface area contributed by atoms with Gasteiger partial charge in [-0.15, -0.1) is 0 Å². The number of rotatable bonds is 4. The molecule has 5 heteroatoms. The highest BCUT2D eigenvalue weighted by molar-refractivity contribution is 7.80. The van der Waals surface area contributed by atoms with Crippen molar-refractivity contribution in [2.75, 3.05) is 23.3 Å². The van der Waals surface area contributed by atoms with Crippen LogP contribution in [-0.2, 0) is 0 Å². The molecule has 0 unspecified atom stereocenters. The summed E-state index contributed by atoms with van der Waals surface area (Å²) in [5, 5.41) is 7.05. The van der Waals surface area contributed by atoms with Crippen molar-refractivity contribution in [2.24, 2.45) is 0 Å². The summed E-state index contributed by atoms with van der Waals surface area (Å²) in [6.07, 6.45) is 5.78. The van der Waals surface area contributed by atoms with Crippen molar-refractivity contribution in [3.63, 3.8) is 0 Å². The van der Waals surface area contributed by atoms with Gasteiger partial charge in [0, 0.05) is 25.0 Å². The maximum atomic E-state index is 5.40. The molecule has 1 fully saturated rings. The molecular formula is C20H26N4S. The van der Waals surface area contributed by atoms with E-state index in [1.54, 1.807) is 0 Å². The molecule has 1 atom stereocenters. The Labute approximate surface area is 155 Å². The molecule has 0 radical (unpaired) electrons. The Morgan fingerprint density at radius 1 is 1.08 bits per heavy atom. The van der Waals surface area contributed by atoms with Crippen LogP contribution in [0.2, 0.25) is 0 Å². The van der Waals surface area contributed by atoms with Gasteiger partial charge in [-0.3, -0.25) is 0 Å². The molecule has 1 aromatic heterocycles. The van der Waals surface area contributed by atoms with E-state index in [1.165, 1.54) is 43.6 Å². The summed E-state index contributed by atoms with van der Waals surface area (Å²) < 4.78 is 0. The number of anilines is 2. The van der Waals surface area contributed by atoms with Crippen LogP contribution in [0, 0.1) is 6.92 Å². The minimum Gasteiger partial charge on any atom is -0.372 e. The Balaban J connectivity index is 1.55. The van der Waals surface area contributed by atoms with Crippen LogP contribution in [0.1, 0.15) is 43.4 Å². The summed E-state index contributed by atoms with van der Waals surface area (Å²) in [6, 6.07) is 12.9. The van der Waals surface area contributed by atoms with E-state index in [4.69, 9.17) is 12.2 Å². The van der Waals surface area contributed by atoms with Crippen molar-refractivity contribution in [2.45, 2.75) is 39.2 Å². The van der Waals surface area contributed by atoms with Gasteiger partial charge in [0.05, 0.1) is 6.04 Å². The zero-order chi connectivity index (χ0) is 17.6. The average molecular weight is 355 g/mol. The van der Waals surface area contributed by atoms with E-state index in [1.807, 2.05) is 25.3 Å². The summed E-state index contributed by atoms with van der Waals surface area (Å²) in [5.41, 5.74) is 3.67. The maximum Gasteiger partial charge on any atom is 0.172 e. The van der Waals surface area contributed by atoms with E-state index in [0.717, 1.165) is 11.4 Å². The van der Waals surface area contributed by atoms with Gasteiger partial charge >= 0.3 is 0 Å². The molecule has 0 spiro atoms. The Hall–Kier alpha value is -2.14. The van der Waals surface area contributed by atoms with Crippen LogP contribution >= 0.6 is 12.2 Å². The number of aromatic nitrogens is 1. The number of aryl methyl sites for hydroxylation is 1. The minimum atomic E-state index is 0.140. The van der Waals surface area contributed by atoms with Gasteiger partial charge in [0.2, 0.25) is 0 Å². The van der Waals surface area contributed by atoms with Crippen molar-refractivity contribution >= 4 is 28.8 Å². The predicted molar refractivity (Wildman–Crippen MR) is 109 cm³/mol. The van der Waals surface area contributed by atoms with Crippen molar-refractivity contribution in [3.8, 4) is 0 Å². The van der Waals surface area contributed by atoms with Gasteiger partial charge in [0.25, 0.3) is 0 Å². The largest absolute Gasteiger partial charge is 0.372 e. The van der Waals surface area contributed by atoms with Crippen molar-refractivity contribution < 1.29 is 0 Å². The number of hydrogen-bond acceptors (Lipinski definition) is 3. The first kappa shape index (κ1) is 17.7. The van der Waals surface area contributed by atoms with Gasteiger partial charge in [-0.2, -0.15) is 0 Å². The van der Waals surface area contributed by atoms with Crippen LogP contribution in [-0.4, -0.2) is 23.2 Å². The molecule has 1 aliphatic heterocycles. The molecule has 2 N–H and O–H groups in total. The van der Waals surface area contributed by atoms with Crippen LogP contribution in [0.25, 0.3) is 0 Å². The topological polar surface area (TPSA) is 40.2 Å². The number of hydrogen-bond donors (Lipinski definition) is 2. The molecule has 0 aliphatic carbocycles. The average Bonchev–Trinajstić information content (AvgIpc) is 2.64. The third-order valence-corrected chi connectivity index (χ3v) is 4.83. The molecule has 1 aromatic carbocycles. The fourth-order valence-corrected chi connectivity index (χ4v) is 3.38. The molecule has 2 aromatic rings. The zero-order valence-electron chi connectivity index (χ0n) is 15.0. The molecule has 0 bridgehead atoms. The second-order valence-electron chi connectivity index (χ2n) is 6.68.